The Labute approximate surface area is 92.1 Å². The van der Waals surface area contributed by atoms with E-state index >= 15 is 0 Å². The molecule has 2 N–H and O–H groups in total. The Morgan fingerprint density at radius 3 is 2.80 bits per heavy atom. The summed E-state index contributed by atoms with van der Waals surface area (Å²) in [6.07, 6.45) is 12.9. The van der Waals surface area contributed by atoms with Gasteiger partial charge in [-0.15, -0.1) is 0 Å². The van der Waals surface area contributed by atoms with Crippen molar-refractivity contribution in [1.82, 2.24) is 5.32 Å². The molecule has 2 aliphatic rings. The van der Waals surface area contributed by atoms with E-state index in [2.05, 4.69) is 23.5 Å². The molecule has 2 rings (SSSR count). The Balaban J connectivity index is 2.03. The Morgan fingerprint density at radius 2 is 2.20 bits per heavy atom. The molecule has 2 heteroatoms. The molecule has 1 aliphatic heterocycles. The lowest BCUT2D eigenvalue weighted by Gasteiger charge is -2.41. The van der Waals surface area contributed by atoms with Gasteiger partial charge in [-0.25, -0.2) is 0 Å². The van der Waals surface area contributed by atoms with E-state index in [0.717, 1.165) is 19.4 Å². The maximum absolute atomic E-state index is 10.6. The first-order chi connectivity index (χ1) is 7.21. The fourth-order valence-corrected chi connectivity index (χ4v) is 2.62. The van der Waals surface area contributed by atoms with Crippen LogP contribution in [0.25, 0.3) is 0 Å². The van der Waals surface area contributed by atoms with Crippen LogP contribution in [0.1, 0.15) is 32.6 Å². The molecule has 1 fully saturated rings. The van der Waals surface area contributed by atoms with Crippen LogP contribution in [-0.2, 0) is 0 Å². The second-order valence-electron chi connectivity index (χ2n) is 4.88. The van der Waals surface area contributed by atoms with Crippen LogP contribution in [0.2, 0.25) is 0 Å². The van der Waals surface area contributed by atoms with Gasteiger partial charge in [0.15, 0.2) is 0 Å². The van der Waals surface area contributed by atoms with Gasteiger partial charge in [-0.3, -0.25) is 0 Å². The molecule has 15 heavy (non-hydrogen) atoms. The Kier molecular flexibility index (Phi) is 3.27. The van der Waals surface area contributed by atoms with E-state index in [1.807, 2.05) is 13.0 Å². The molecular formula is C13H21NO. The maximum atomic E-state index is 10.6. The van der Waals surface area contributed by atoms with Crippen molar-refractivity contribution >= 4 is 0 Å². The van der Waals surface area contributed by atoms with Crippen LogP contribution >= 0.6 is 0 Å². The molecule has 1 saturated heterocycles. The third-order valence-corrected chi connectivity index (χ3v) is 3.75. The van der Waals surface area contributed by atoms with Gasteiger partial charge in [0, 0.05) is 12.0 Å². The molecule has 84 valence electrons. The van der Waals surface area contributed by atoms with Gasteiger partial charge in [0.25, 0.3) is 0 Å². The van der Waals surface area contributed by atoms with E-state index in [1.54, 1.807) is 0 Å². The van der Waals surface area contributed by atoms with Crippen LogP contribution in [0.3, 0.4) is 0 Å². The van der Waals surface area contributed by atoms with Crippen molar-refractivity contribution < 1.29 is 5.11 Å². The number of hydrogen-bond donors (Lipinski definition) is 2. The lowest BCUT2D eigenvalue weighted by Crippen LogP contribution is -2.54. The average Bonchev–Trinajstić information content (AvgIpc) is 2.31. The maximum Gasteiger partial charge on any atom is 0.0837 e. The molecule has 0 aromatic carbocycles. The normalized spacial score (nSPS) is 35.1. The number of allylic oxidation sites excluding steroid dienone is 3. The largest absolute Gasteiger partial charge is 0.388 e. The number of piperidine rings is 1. The smallest absolute Gasteiger partial charge is 0.0837 e. The second-order valence-corrected chi connectivity index (χ2v) is 4.88. The molecular weight excluding hydrogens is 186 g/mol. The van der Waals surface area contributed by atoms with Gasteiger partial charge in [0.05, 0.1) is 5.60 Å². The lowest BCUT2D eigenvalue weighted by atomic mass is 9.76. The van der Waals surface area contributed by atoms with Crippen molar-refractivity contribution in [3.8, 4) is 0 Å². The van der Waals surface area contributed by atoms with Crippen molar-refractivity contribution in [2.75, 3.05) is 6.54 Å². The molecule has 0 amide bonds. The first-order valence-electron chi connectivity index (χ1n) is 6.00. The van der Waals surface area contributed by atoms with Gasteiger partial charge in [0.1, 0.15) is 0 Å². The Hall–Kier alpha value is -0.600. The minimum Gasteiger partial charge on any atom is -0.388 e. The van der Waals surface area contributed by atoms with Crippen LogP contribution in [-0.4, -0.2) is 23.3 Å². The van der Waals surface area contributed by atoms with Crippen LogP contribution in [0.15, 0.2) is 24.3 Å². The summed E-state index contributed by atoms with van der Waals surface area (Å²) >= 11 is 0. The standard InChI is InChI=1S/C13H21NO/c1-13(15,11-7-3-2-4-8-11)12-9-5-6-10-14-12/h2-4,7,11-12,14-15H,5-6,8-10H2,1H3/t11?,12-,13+/m0/s1. The molecule has 1 aliphatic carbocycles. The Morgan fingerprint density at radius 1 is 1.33 bits per heavy atom. The summed E-state index contributed by atoms with van der Waals surface area (Å²) in [5.41, 5.74) is -0.609. The second kappa shape index (κ2) is 4.50. The van der Waals surface area contributed by atoms with E-state index in [9.17, 15) is 5.11 Å². The molecule has 0 aromatic heterocycles. The quantitative estimate of drug-likeness (QED) is 0.726. The zero-order valence-electron chi connectivity index (χ0n) is 9.45. The summed E-state index contributed by atoms with van der Waals surface area (Å²) in [6.45, 7) is 3.03. The molecule has 1 heterocycles. The van der Waals surface area contributed by atoms with Crippen molar-refractivity contribution in [2.24, 2.45) is 5.92 Å². The van der Waals surface area contributed by atoms with Gasteiger partial charge in [0.2, 0.25) is 0 Å². The highest BCUT2D eigenvalue weighted by Crippen LogP contribution is 2.31. The first-order valence-corrected chi connectivity index (χ1v) is 6.00. The van der Waals surface area contributed by atoms with E-state index in [1.165, 1.54) is 12.8 Å². The molecule has 1 unspecified atom stereocenters. The highest BCUT2D eigenvalue weighted by atomic mass is 16.3. The third kappa shape index (κ3) is 2.32. The molecule has 0 saturated carbocycles. The van der Waals surface area contributed by atoms with Crippen molar-refractivity contribution in [2.45, 2.75) is 44.2 Å². The van der Waals surface area contributed by atoms with Crippen LogP contribution < -0.4 is 5.32 Å². The molecule has 2 nitrogen and oxygen atoms in total. The lowest BCUT2D eigenvalue weighted by molar-refractivity contribution is -0.0256. The monoisotopic (exact) mass is 207 g/mol. The van der Waals surface area contributed by atoms with Gasteiger partial charge in [-0.2, -0.15) is 0 Å². The number of nitrogens with one attached hydrogen (secondary N) is 1. The van der Waals surface area contributed by atoms with E-state index in [0.29, 0.717) is 0 Å². The number of aliphatic hydroxyl groups is 1. The number of rotatable bonds is 2. The van der Waals surface area contributed by atoms with Gasteiger partial charge in [-0.1, -0.05) is 30.7 Å². The zero-order chi connectivity index (χ0) is 10.7. The van der Waals surface area contributed by atoms with Crippen molar-refractivity contribution in [3.63, 3.8) is 0 Å². The molecule has 0 spiro atoms. The van der Waals surface area contributed by atoms with E-state index in [-0.39, 0.29) is 12.0 Å². The zero-order valence-corrected chi connectivity index (χ0v) is 9.45. The molecule has 0 radical (unpaired) electrons. The van der Waals surface area contributed by atoms with Gasteiger partial charge >= 0.3 is 0 Å². The summed E-state index contributed by atoms with van der Waals surface area (Å²) < 4.78 is 0. The first kappa shape index (κ1) is 10.9. The Bertz CT molecular complexity index is 262. The minimum atomic E-state index is -0.609. The van der Waals surface area contributed by atoms with Gasteiger partial charge < -0.3 is 10.4 Å². The highest BCUT2D eigenvalue weighted by molar-refractivity contribution is 5.15. The summed E-state index contributed by atoms with van der Waals surface area (Å²) in [4.78, 5) is 0. The van der Waals surface area contributed by atoms with E-state index in [4.69, 9.17) is 0 Å². The summed E-state index contributed by atoms with van der Waals surface area (Å²) in [5, 5.41) is 14.1. The minimum absolute atomic E-state index is 0.257. The SMILES string of the molecule is C[C@@](O)(C1C=CC=CC1)[C@@H]1CCCCN1. The summed E-state index contributed by atoms with van der Waals surface area (Å²) in [5.74, 6) is 0.262. The fourth-order valence-electron chi connectivity index (χ4n) is 2.62. The topological polar surface area (TPSA) is 32.3 Å². The molecule has 0 bridgehead atoms. The van der Waals surface area contributed by atoms with E-state index < -0.39 is 5.60 Å². The summed E-state index contributed by atoms with van der Waals surface area (Å²) in [7, 11) is 0. The molecule has 3 atom stereocenters. The predicted octanol–water partition coefficient (Wildman–Crippen LogP) is 2.01. The highest BCUT2D eigenvalue weighted by Gasteiger charge is 2.38. The predicted molar refractivity (Wildman–Crippen MR) is 62.7 cm³/mol. The van der Waals surface area contributed by atoms with Crippen LogP contribution in [0.5, 0.6) is 0 Å². The van der Waals surface area contributed by atoms with Crippen LogP contribution in [0.4, 0.5) is 0 Å². The van der Waals surface area contributed by atoms with Crippen molar-refractivity contribution in [1.29, 1.82) is 0 Å². The van der Waals surface area contributed by atoms with Crippen molar-refractivity contribution in [3.05, 3.63) is 24.3 Å². The molecule has 0 aromatic rings. The van der Waals surface area contributed by atoms with Gasteiger partial charge in [-0.05, 0) is 32.7 Å². The number of hydrogen-bond acceptors (Lipinski definition) is 2. The third-order valence-electron chi connectivity index (χ3n) is 3.75. The van der Waals surface area contributed by atoms with Crippen LogP contribution in [0, 0.1) is 5.92 Å². The average molecular weight is 207 g/mol. The fraction of sp³-hybridized carbons (Fsp3) is 0.692. The summed E-state index contributed by atoms with van der Waals surface area (Å²) in [6, 6.07) is 0.257.